The van der Waals surface area contributed by atoms with Gasteiger partial charge in [-0.05, 0) is 25.1 Å². The van der Waals surface area contributed by atoms with Crippen molar-refractivity contribution in [3.8, 4) is 0 Å². The average molecular weight is 230 g/mol. The van der Waals surface area contributed by atoms with Crippen molar-refractivity contribution >= 4 is 11.6 Å². The molecule has 0 unspecified atom stereocenters. The van der Waals surface area contributed by atoms with Crippen LogP contribution in [0.25, 0.3) is 0 Å². The Bertz CT molecular complexity index is 586. The number of carbonyl (C=O) groups excluding carboxylic acids is 1. The molecule has 2 heterocycles. The molecule has 17 heavy (non-hydrogen) atoms. The van der Waals surface area contributed by atoms with Gasteiger partial charge in [-0.1, -0.05) is 0 Å². The topological polar surface area (TPSA) is 87.7 Å². The summed E-state index contributed by atoms with van der Waals surface area (Å²) in [6, 6.07) is 6.08. The Kier molecular flexibility index (Phi) is 2.95. The van der Waals surface area contributed by atoms with Crippen LogP contribution in [0.2, 0.25) is 0 Å². The third kappa shape index (κ3) is 2.54. The molecule has 2 aromatic heterocycles. The van der Waals surface area contributed by atoms with E-state index in [1.54, 1.807) is 25.3 Å². The van der Waals surface area contributed by atoms with E-state index in [2.05, 4.69) is 20.5 Å². The van der Waals surface area contributed by atoms with Gasteiger partial charge in [0, 0.05) is 12.3 Å². The molecule has 0 aliphatic rings. The van der Waals surface area contributed by atoms with E-state index in [0.717, 1.165) is 0 Å². The Hall–Kier alpha value is -2.50. The number of nitrogens with one attached hydrogen (secondary N) is 2. The number of H-pyrrole nitrogens is 1. The van der Waals surface area contributed by atoms with Crippen molar-refractivity contribution in [2.75, 3.05) is 5.32 Å². The van der Waals surface area contributed by atoms with Crippen molar-refractivity contribution in [2.45, 2.75) is 6.92 Å². The van der Waals surface area contributed by atoms with Crippen LogP contribution in [-0.4, -0.2) is 21.1 Å². The van der Waals surface area contributed by atoms with E-state index in [1.807, 2.05) is 0 Å². The molecular formula is C11H10N4O2. The predicted molar refractivity (Wildman–Crippen MR) is 61.8 cm³/mol. The maximum absolute atomic E-state index is 11.8. The van der Waals surface area contributed by atoms with Crippen LogP contribution in [0.15, 0.2) is 35.3 Å². The highest BCUT2D eigenvalue weighted by atomic mass is 16.2. The summed E-state index contributed by atoms with van der Waals surface area (Å²) in [4.78, 5) is 26.6. The quantitative estimate of drug-likeness (QED) is 0.795. The zero-order valence-electron chi connectivity index (χ0n) is 9.10. The summed E-state index contributed by atoms with van der Waals surface area (Å²) in [5.41, 5.74) is 1.13. The second-order valence-corrected chi connectivity index (χ2v) is 3.40. The third-order valence-corrected chi connectivity index (χ3v) is 2.17. The lowest BCUT2D eigenvalue weighted by atomic mass is 10.3. The van der Waals surface area contributed by atoms with Crippen LogP contribution in [-0.2, 0) is 0 Å². The van der Waals surface area contributed by atoms with Gasteiger partial charge in [0.15, 0.2) is 0 Å². The number of aromatic amines is 1. The maximum Gasteiger partial charge on any atom is 0.276 e. The van der Waals surface area contributed by atoms with Gasteiger partial charge in [0.1, 0.15) is 5.69 Å². The molecule has 0 fully saturated rings. The summed E-state index contributed by atoms with van der Waals surface area (Å²) in [7, 11) is 0. The number of aryl methyl sites for hydroxylation is 1. The van der Waals surface area contributed by atoms with Crippen LogP contribution in [0.1, 0.15) is 16.2 Å². The molecule has 86 valence electrons. The SMILES string of the molecule is Cc1ncccc1NC(=O)c1ccc(=O)[nH]n1. The first-order valence-corrected chi connectivity index (χ1v) is 4.95. The zero-order chi connectivity index (χ0) is 12.3. The predicted octanol–water partition coefficient (Wildman–Crippen LogP) is 0.726. The third-order valence-electron chi connectivity index (χ3n) is 2.17. The highest BCUT2D eigenvalue weighted by molar-refractivity contribution is 6.02. The average Bonchev–Trinajstić information content (AvgIpc) is 2.33. The van der Waals surface area contributed by atoms with E-state index in [0.29, 0.717) is 11.4 Å². The number of nitrogens with zero attached hydrogens (tertiary/aromatic N) is 2. The van der Waals surface area contributed by atoms with Gasteiger partial charge in [0.05, 0.1) is 11.4 Å². The van der Waals surface area contributed by atoms with Gasteiger partial charge in [-0.15, -0.1) is 0 Å². The number of hydrogen-bond donors (Lipinski definition) is 2. The number of hydrogen-bond acceptors (Lipinski definition) is 4. The van der Waals surface area contributed by atoms with E-state index >= 15 is 0 Å². The fourth-order valence-electron chi connectivity index (χ4n) is 1.27. The van der Waals surface area contributed by atoms with E-state index < -0.39 is 5.91 Å². The minimum atomic E-state index is -0.391. The lowest BCUT2D eigenvalue weighted by Crippen LogP contribution is -2.18. The number of pyridine rings is 1. The van der Waals surface area contributed by atoms with Crippen LogP contribution < -0.4 is 10.9 Å². The van der Waals surface area contributed by atoms with Crippen LogP contribution in [0.4, 0.5) is 5.69 Å². The molecule has 0 spiro atoms. The molecule has 0 aliphatic heterocycles. The lowest BCUT2D eigenvalue weighted by Gasteiger charge is -2.05. The van der Waals surface area contributed by atoms with Crippen molar-refractivity contribution in [3.05, 3.63) is 52.2 Å². The maximum atomic E-state index is 11.8. The van der Waals surface area contributed by atoms with Gasteiger partial charge >= 0.3 is 0 Å². The van der Waals surface area contributed by atoms with Crippen molar-refractivity contribution < 1.29 is 4.79 Å². The monoisotopic (exact) mass is 230 g/mol. The second-order valence-electron chi connectivity index (χ2n) is 3.40. The molecule has 6 nitrogen and oxygen atoms in total. The highest BCUT2D eigenvalue weighted by Crippen LogP contribution is 2.10. The summed E-state index contributed by atoms with van der Waals surface area (Å²) < 4.78 is 0. The molecule has 0 aromatic carbocycles. The van der Waals surface area contributed by atoms with Gasteiger partial charge < -0.3 is 5.32 Å². The number of anilines is 1. The lowest BCUT2D eigenvalue weighted by molar-refractivity contribution is 0.102. The molecule has 2 N–H and O–H groups in total. The Morgan fingerprint density at radius 1 is 1.35 bits per heavy atom. The van der Waals surface area contributed by atoms with Crippen LogP contribution in [0, 0.1) is 6.92 Å². The summed E-state index contributed by atoms with van der Waals surface area (Å²) in [6.45, 7) is 1.79. The second kappa shape index (κ2) is 4.56. The number of rotatable bonds is 2. The minimum absolute atomic E-state index is 0.146. The van der Waals surface area contributed by atoms with Crippen molar-refractivity contribution in [3.63, 3.8) is 0 Å². The van der Waals surface area contributed by atoms with Crippen LogP contribution >= 0.6 is 0 Å². The smallest absolute Gasteiger partial charge is 0.276 e. The highest BCUT2D eigenvalue weighted by Gasteiger charge is 2.09. The molecule has 0 bridgehead atoms. The van der Waals surface area contributed by atoms with Gasteiger partial charge in [0.2, 0.25) is 0 Å². The van der Waals surface area contributed by atoms with Crippen LogP contribution in [0.3, 0.4) is 0 Å². The van der Waals surface area contributed by atoms with E-state index in [4.69, 9.17) is 0 Å². The Morgan fingerprint density at radius 3 is 2.82 bits per heavy atom. The summed E-state index contributed by atoms with van der Waals surface area (Å²) in [6.07, 6.45) is 1.64. The van der Waals surface area contributed by atoms with Crippen molar-refractivity contribution in [1.29, 1.82) is 0 Å². The molecule has 0 saturated heterocycles. The first kappa shape index (κ1) is 11.0. The molecule has 2 rings (SSSR count). The van der Waals surface area contributed by atoms with Crippen molar-refractivity contribution in [1.82, 2.24) is 15.2 Å². The largest absolute Gasteiger partial charge is 0.319 e. The van der Waals surface area contributed by atoms with Gasteiger partial charge in [-0.25, -0.2) is 5.10 Å². The number of aromatic nitrogens is 3. The Morgan fingerprint density at radius 2 is 2.18 bits per heavy atom. The van der Waals surface area contributed by atoms with Crippen LogP contribution in [0.5, 0.6) is 0 Å². The molecule has 0 atom stereocenters. The Labute approximate surface area is 96.7 Å². The zero-order valence-corrected chi connectivity index (χ0v) is 9.10. The minimum Gasteiger partial charge on any atom is -0.319 e. The number of amides is 1. The Balaban J connectivity index is 2.20. The fourth-order valence-corrected chi connectivity index (χ4v) is 1.27. The molecular weight excluding hydrogens is 220 g/mol. The summed E-state index contributed by atoms with van der Waals surface area (Å²) in [5.74, 6) is -0.391. The van der Waals surface area contributed by atoms with E-state index in [9.17, 15) is 9.59 Å². The molecule has 0 saturated carbocycles. The first-order valence-electron chi connectivity index (χ1n) is 4.95. The molecule has 1 amide bonds. The summed E-state index contributed by atoms with van der Waals surface area (Å²) in [5, 5.41) is 8.49. The first-order chi connectivity index (χ1) is 8.16. The van der Waals surface area contributed by atoms with Gasteiger partial charge in [0.25, 0.3) is 11.5 Å². The van der Waals surface area contributed by atoms with Gasteiger partial charge in [-0.3, -0.25) is 14.6 Å². The molecule has 2 aromatic rings. The molecule has 0 aliphatic carbocycles. The normalized spacial score (nSPS) is 9.94. The molecule has 6 heteroatoms. The fraction of sp³-hybridized carbons (Fsp3) is 0.0909. The van der Waals surface area contributed by atoms with Crippen molar-refractivity contribution in [2.24, 2.45) is 0 Å². The van der Waals surface area contributed by atoms with Gasteiger partial charge in [-0.2, -0.15) is 5.10 Å². The number of carbonyl (C=O) groups is 1. The molecule has 0 radical (unpaired) electrons. The standard InChI is InChI=1S/C11H10N4O2/c1-7-8(3-2-6-12-7)13-11(17)9-4-5-10(16)15-14-9/h2-6H,1H3,(H,13,17)(H,15,16). The summed E-state index contributed by atoms with van der Waals surface area (Å²) >= 11 is 0. The van der Waals surface area contributed by atoms with E-state index in [1.165, 1.54) is 12.1 Å². The van der Waals surface area contributed by atoms with E-state index in [-0.39, 0.29) is 11.3 Å².